The highest BCUT2D eigenvalue weighted by atomic mass is 35.5. The molecule has 0 bridgehead atoms. The minimum absolute atomic E-state index is 0.0177. The molecule has 2 rings (SSSR count). The Morgan fingerprint density at radius 2 is 2.33 bits per heavy atom. The number of piperidine rings is 1. The topological polar surface area (TPSA) is 32.3 Å². The number of likely N-dealkylation sites (N-methyl/N-ethyl adjacent to an activating group) is 1. The third kappa shape index (κ3) is 2.65. The summed E-state index contributed by atoms with van der Waals surface area (Å²) in [5, 5.41) is 3.32. The van der Waals surface area contributed by atoms with Gasteiger partial charge in [0.1, 0.15) is 5.82 Å². The third-order valence-corrected chi connectivity index (χ3v) is 3.61. The van der Waals surface area contributed by atoms with Crippen molar-refractivity contribution in [1.29, 1.82) is 0 Å². The fraction of sp³-hybridized carbons (Fsp3) is 0.462. The van der Waals surface area contributed by atoms with E-state index in [1.165, 1.54) is 18.2 Å². The average molecular weight is 271 g/mol. The molecule has 0 radical (unpaired) electrons. The van der Waals surface area contributed by atoms with Crippen molar-refractivity contribution in [3.63, 3.8) is 0 Å². The van der Waals surface area contributed by atoms with Crippen molar-refractivity contribution in [3.05, 3.63) is 34.6 Å². The van der Waals surface area contributed by atoms with Gasteiger partial charge < -0.3 is 10.2 Å². The Bertz CT molecular complexity index is 432. The lowest BCUT2D eigenvalue weighted by atomic mass is 10.0. The number of nitrogens with one attached hydrogen (secondary N) is 1. The van der Waals surface area contributed by atoms with Gasteiger partial charge in [-0.1, -0.05) is 17.7 Å². The zero-order chi connectivity index (χ0) is 13.1. The van der Waals surface area contributed by atoms with Crippen molar-refractivity contribution < 1.29 is 9.18 Å². The van der Waals surface area contributed by atoms with Crippen LogP contribution >= 0.6 is 11.6 Å². The van der Waals surface area contributed by atoms with Crippen molar-refractivity contribution in [1.82, 2.24) is 10.2 Å². The van der Waals surface area contributed by atoms with Crippen molar-refractivity contribution in [2.45, 2.75) is 18.9 Å². The second-order valence-electron chi connectivity index (χ2n) is 4.48. The molecule has 0 saturated carbocycles. The molecule has 98 valence electrons. The Morgan fingerprint density at radius 3 is 3.00 bits per heavy atom. The molecule has 0 aromatic heterocycles. The van der Waals surface area contributed by atoms with Crippen molar-refractivity contribution in [3.8, 4) is 0 Å². The summed E-state index contributed by atoms with van der Waals surface area (Å²) < 4.78 is 13.7. The molecule has 1 saturated heterocycles. The van der Waals surface area contributed by atoms with Crippen LogP contribution in [0, 0.1) is 5.82 Å². The van der Waals surface area contributed by atoms with Gasteiger partial charge in [0.2, 0.25) is 0 Å². The first-order chi connectivity index (χ1) is 8.63. The summed E-state index contributed by atoms with van der Waals surface area (Å²) in [6, 6.07) is 4.57. The zero-order valence-corrected chi connectivity index (χ0v) is 11.0. The van der Waals surface area contributed by atoms with Crippen LogP contribution in [0.4, 0.5) is 4.39 Å². The Morgan fingerprint density at radius 1 is 1.56 bits per heavy atom. The predicted octanol–water partition coefficient (Wildman–Crippen LogP) is 2.30. The van der Waals surface area contributed by atoms with E-state index in [9.17, 15) is 9.18 Å². The number of rotatable bonds is 2. The van der Waals surface area contributed by atoms with E-state index in [0.29, 0.717) is 13.1 Å². The van der Waals surface area contributed by atoms with Gasteiger partial charge in [0.25, 0.3) is 5.91 Å². The number of benzene rings is 1. The summed E-state index contributed by atoms with van der Waals surface area (Å²) in [5.41, 5.74) is -0.0177. The monoisotopic (exact) mass is 270 g/mol. The smallest absolute Gasteiger partial charge is 0.258 e. The van der Waals surface area contributed by atoms with Crippen LogP contribution < -0.4 is 5.32 Å². The molecule has 5 heteroatoms. The van der Waals surface area contributed by atoms with Crippen molar-refractivity contribution in [2.24, 2.45) is 0 Å². The molecule has 18 heavy (non-hydrogen) atoms. The van der Waals surface area contributed by atoms with Gasteiger partial charge in [0, 0.05) is 19.1 Å². The van der Waals surface area contributed by atoms with Crippen LogP contribution in [0.2, 0.25) is 5.02 Å². The number of carbonyl (C=O) groups is 1. The lowest BCUT2D eigenvalue weighted by Gasteiger charge is -2.32. The summed E-state index contributed by atoms with van der Waals surface area (Å²) >= 11 is 5.91. The highest BCUT2D eigenvalue weighted by molar-refractivity contribution is 6.33. The van der Waals surface area contributed by atoms with Gasteiger partial charge in [-0.2, -0.15) is 0 Å². The maximum Gasteiger partial charge on any atom is 0.258 e. The van der Waals surface area contributed by atoms with E-state index >= 15 is 0 Å². The first-order valence-electron chi connectivity index (χ1n) is 6.04. The Hall–Kier alpha value is -1.13. The second kappa shape index (κ2) is 5.67. The number of amides is 1. The Kier molecular flexibility index (Phi) is 4.19. The van der Waals surface area contributed by atoms with Gasteiger partial charge >= 0.3 is 0 Å². The molecule has 1 aromatic carbocycles. The first-order valence-corrected chi connectivity index (χ1v) is 6.42. The lowest BCUT2D eigenvalue weighted by Crippen LogP contribution is -2.47. The summed E-state index contributed by atoms with van der Waals surface area (Å²) in [6.07, 6.45) is 1.95. The number of hydrogen-bond acceptors (Lipinski definition) is 2. The molecule has 1 aliphatic rings. The van der Waals surface area contributed by atoms with Crippen LogP contribution in [0.5, 0.6) is 0 Å². The summed E-state index contributed by atoms with van der Waals surface area (Å²) in [4.78, 5) is 13.9. The Balaban J connectivity index is 2.20. The maximum atomic E-state index is 13.7. The lowest BCUT2D eigenvalue weighted by molar-refractivity contribution is 0.0693. The molecular weight excluding hydrogens is 255 g/mol. The number of halogens is 2. The van der Waals surface area contributed by atoms with Gasteiger partial charge in [-0.25, -0.2) is 4.39 Å². The Labute approximate surface area is 111 Å². The SMILES string of the molecule is CNC1CCCN(C(=O)c2c(F)cccc2Cl)C1. The van der Waals surface area contributed by atoms with Gasteiger partial charge in [-0.3, -0.25) is 4.79 Å². The molecule has 1 fully saturated rings. The van der Waals surface area contributed by atoms with E-state index in [1.807, 2.05) is 7.05 Å². The minimum Gasteiger partial charge on any atom is -0.337 e. The predicted molar refractivity (Wildman–Crippen MR) is 69.4 cm³/mol. The molecule has 1 heterocycles. The molecule has 3 nitrogen and oxygen atoms in total. The van der Waals surface area contributed by atoms with E-state index in [2.05, 4.69) is 5.32 Å². The highest BCUT2D eigenvalue weighted by Crippen LogP contribution is 2.22. The van der Waals surface area contributed by atoms with Crippen LogP contribution in [-0.2, 0) is 0 Å². The summed E-state index contributed by atoms with van der Waals surface area (Å²) in [7, 11) is 1.87. The van der Waals surface area contributed by atoms with Gasteiger partial charge in [-0.15, -0.1) is 0 Å². The molecule has 0 spiro atoms. The van der Waals surface area contributed by atoms with Crippen LogP contribution in [0.15, 0.2) is 18.2 Å². The normalized spacial score (nSPS) is 19.9. The molecule has 1 aromatic rings. The quantitative estimate of drug-likeness (QED) is 0.894. The average Bonchev–Trinajstić information content (AvgIpc) is 2.38. The number of likely N-dealkylation sites (tertiary alicyclic amines) is 1. The number of nitrogens with zero attached hydrogens (tertiary/aromatic N) is 1. The standard InChI is InChI=1S/C13H16ClFN2O/c1-16-9-4-3-7-17(8-9)13(18)12-10(14)5-2-6-11(12)15/h2,5-6,9,16H,3-4,7-8H2,1H3. The highest BCUT2D eigenvalue weighted by Gasteiger charge is 2.26. The molecule has 1 N–H and O–H groups in total. The molecule has 1 unspecified atom stereocenters. The van der Waals surface area contributed by atoms with E-state index < -0.39 is 5.82 Å². The zero-order valence-electron chi connectivity index (χ0n) is 10.2. The minimum atomic E-state index is -0.556. The van der Waals surface area contributed by atoms with Crippen LogP contribution in [0.3, 0.4) is 0 Å². The van der Waals surface area contributed by atoms with Crippen molar-refractivity contribution >= 4 is 17.5 Å². The van der Waals surface area contributed by atoms with E-state index in [1.54, 1.807) is 4.90 Å². The van der Waals surface area contributed by atoms with Crippen LogP contribution in [0.1, 0.15) is 23.2 Å². The van der Waals surface area contributed by atoms with Crippen LogP contribution in [0.25, 0.3) is 0 Å². The first kappa shape index (κ1) is 13.3. The molecule has 1 aliphatic heterocycles. The molecule has 1 amide bonds. The van der Waals surface area contributed by atoms with E-state index in [-0.39, 0.29) is 22.5 Å². The van der Waals surface area contributed by atoms with Gasteiger partial charge in [0.05, 0.1) is 10.6 Å². The van der Waals surface area contributed by atoms with Crippen molar-refractivity contribution in [2.75, 3.05) is 20.1 Å². The largest absolute Gasteiger partial charge is 0.337 e. The number of carbonyl (C=O) groups excluding carboxylic acids is 1. The fourth-order valence-corrected chi connectivity index (χ4v) is 2.50. The maximum absolute atomic E-state index is 13.7. The van der Waals surface area contributed by atoms with Crippen LogP contribution in [-0.4, -0.2) is 37.0 Å². The molecule has 1 atom stereocenters. The summed E-state index contributed by atoms with van der Waals surface area (Å²) in [6.45, 7) is 1.25. The van der Waals surface area contributed by atoms with Gasteiger partial charge in [0.15, 0.2) is 0 Å². The number of hydrogen-bond donors (Lipinski definition) is 1. The molecular formula is C13H16ClFN2O. The van der Waals surface area contributed by atoms with E-state index in [4.69, 9.17) is 11.6 Å². The van der Waals surface area contributed by atoms with Gasteiger partial charge in [-0.05, 0) is 32.0 Å². The van der Waals surface area contributed by atoms with E-state index in [0.717, 1.165) is 12.8 Å². The fourth-order valence-electron chi connectivity index (χ4n) is 2.26. The summed E-state index contributed by atoms with van der Waals surface area (Å²) in [5.74, 6) is -0.878. The third-order valence-electron chi connectivity index (χ3n) is 3.29. The second-order valence-corrected chi connectivity index (χ2v) is 4.88. The molecule has 0 aliphatic carbocycles.